The van der Waals surface area contributed by atoms with Gasteiger partial charge in [0.2, 0.25) is 11.8 Å². The summed E-state index contributed by atoms with van der Waals surface area (Å²) in [5, 5.41) is 0. The third kappa shape index (κ3) is 7.28. The van der Waals surface area contributed by atoms with Crippen molar-refractivity contribution in [3.8, 4) is 0 Å². The van der Waals surface area contributed by atoms with Gasteiger partial charge in [0, 0.05) is 21.8 Å². The Labute approximate surface area is 352 Å². The normalized spacial score (nSPS) is 29.3. The Kier molecular flexibility index (Phi) is 12.4. The summed E-state index contributed by atoms with van der Waals surface area (Å²) >= 11 is 0. The van der Waals surface area contributed by atoms with E-state index >= 15 is 0 Å². The molecule has 8 heteroatoms. The van der Waals surface area contributed by atoms with Crippen LogP contribution in [0.2, 0.25) is 0 Å². The van der Waals surface area contributed by atoms with Crippen LogP contribution in [-0.2, 0) is 14.9 Å². The smallest absolute Gasteiger partial charge is 0.360 e. The molecule has 3 rings (SSSR count). The number of fused-ring (bicyclic) bond motifs is 4. The number of rotatable bonds is 0. The number of allylic oxidation sites excluding steroid dienone is 4. The molecule has 8 nitrogen and oxygen atoms in total. The number of hydrogen-bond donors (Lipinski definition) is 0. The van der Waals surface area contributed by atoms with Crippen LogP contribution in [0.4, 0.5) is 0 Å². The maximum atomic E-state index is 14.0. The Morgan fingerprint density at radius 3 is 1.16 bits per heavy atom. The molecule has 3 heterocycles. The van der Waals surface area contributed by atoms with Gasteiger partial charge in [0.05, 0.1) is 0 Å². The number of esters is 2. The average Bonchev–Trinajstić information content (AvgIpc) is 3.80. The van der Waals surface area contributed by atoms with E-state index in [-0.39, 0.29) is 27.6 Å². The Hall–Kier alpha value is -3.42. The van der Waals surface area contributed by atoms with Crippen molar-refractivity contribution >= 4 is 17.5 Å². The van der Waals surface area contributed by atoms with Crippen LogP contribution in [0.25, 0.3) is 5.57 Å². The molecule has 0 atom stereocenters. The van der Waals surface area contributed by atoms with Gasteiger partial charge in [-0.05, 0) is 96.3 Å². The number of hydrogen-bond acceptors (Lipinski definition) is 8. The number of oxazole rings is 2. The number of carbonyl (C=O) groups is 2. The molecule has 0 spiro atoms. The number of cyclic esters (lactones) is 2. The molecule has 0 fully saturated rings. The first-order chi connectivity index (χ1) is 25.6. The summed E-state index contributed by atoms with van der Waals surface area (Å²) in [6, 6.07) is 0. The van der Waals surface area contributed by atoms with E-state index in [1.54, 1.807) is 0 Å². The van der Waals surface area contributed by atoms with E-state index in [0.717, 1.165) is 22.3 Å². The third-order valence-electron chi connectivity index (χ3n) is 18.6. The minimum atomic E-state index is -0.922. The van der Waals surface area contributed by atoms with Crippen LogP contribution in [0.1, 0.15) is 213 Å². The zero-order chi connectivity index (χ0) is 45.6. The highest BCUT2D eigenvalue weighted by molar-refractivity contribution is 5.88. The van der Waals surface area contributed by atoms with Crippen molar-refractivity contribution in [2.45, 2.75) is 197 Å². The molecule has 1 aliphatic rings. The molecular formula is C50H80N2O6. The lowest BCUT2D eigenvalue weighted by Gasteiger charge is -2.59. The van der Waals surface area contributed by atoms with E-state index in [2.05, 4.69) is 145 Å². The molecule has 58 heavy (non-hydrogen) atoms. The van der Waals surface area contributed by atoms with Gasteiger partial charge in [-0.25, -0.2) is 19.6 Å². The summed E-state index contributed by atoms with van der Waals surface area (Å²) in [6.07, 6.45) is 2.85. The predicted molar refractivity (Wildman–Crippen MR) is 237 cm³/mol. The van der Waals surface area contributed by atoms with Gasteiger partial charge in [-0.15, -0.1) is 0 Å². The maximum Gasteiger partial charge on any atom is 0.360 e. The van der Waals surface area contributed by atoms with Gasteiger partial charge in [-0.3, -0.25) is 0 Å². The van der Waals surface area contributed by atoms with Gasteiger partial charge in [-0.2, -0.15) is 0 Å². The molecule has 0 unspecified atom stereocenters. The highest BCUT2D eigenvalue weighted by atomic mass is 16.6. The molecule has 2 aromatic rings. The number of ether oxygens (including phenoxy) is 2. The zero-order valence-corrected chi connectivity index (χ0v) is 41.5. The van der Waals surface area contributed by atoms with Crippen molar-refractivity contribution in [2.75, 3.05) is 0 Å². The summed E-state index contributed by atoms with van der Waals surface area (Å²) in [7, 11) is 0. The molecule has 0 amide bonds. The Morgan fingerprint density at radius 1 is 0.397 bits per heavy atom. The Bertz CT molecular complexity index is 2030. The molecule has 326 valence electrons. The van der Waals surface area contributed by atoms with Gasteiger partial charge >= 0.3 is 11.9 Å². The van der Waals surface area contributed by atoms with Crippen molar-refractivity contribution in [1.82, 2.24) is 9.97 Å². The summed E-state index contributed by atoms with van der Waals surface area (Å²) in [4.78, 5) is 37.6. The fourth-order valence-electron chi connectivity index (χ4n) is 8.66. The average molecular weight is 805 g/mol. The van der Waals surface area contributed by atoms with Gasteiger partial charge in [0.1, 0.15) is 23.7 Å². The molecule has 4 bridgehead atoms. The fraction of sp³-hybridized carbons (Fsp3) is 0.720. The maximum absolute atomic E-state index is 14.0. The Balaban J connectivity index is 2.39. The van der Waals surface area contributed by atoms with Crippen molar-refractivity contribution in [2.24, 2.45) is 37.9 Å². The van der Waals surface area contributed by atoms with Crippen LogP contribution in [0.5, 0.6) is 0 Å². The van der Waals surface area contributed by atoms with Crippen molar-refractivity contribution < 1.29 is 27.9 Å². The molecule has 1 aliphatic heterocycles. The summed E-state index contributed by atoms with van der Waals surface area (Å²) in [5.74, 6) is -0.189. The molecule has 0 saturated carbocycles. The Morgan fingerprint density at radius 2 is 0.724 bits per heavy atom. The molecule has 0 aliphatic carbocycles. The van der Waals surface area contributed by atoms with E-state index in [9.17, 15) is 9.59 Å². The largest absolute Gasteiger partial charge is 0.454 e. The van der Waals surface area contributed by atoms with E-state index < -0.39 is 50.2 Å². The van der Waals surface area contributed by atoms with E-state index in [0.29, 0.717) is 11.8 Å². The van der Waals surface area contributed by atoms with E-state index in [4.69, 9.17) is 28.3 Å². The van der Waals surface area contributed by atoms with Crippen LogP contribution in [-0.4, -0.2) is 33.1 Å². The lowest BCUT2D eigenvalue weighted by Crippen LogP contribution is -2.54. The molecule has 2 aromatic heterocycles. The molecule has 0 N–H and O–H groups in total. The number of carbonyl (C=O) groups excluding carboxylic acids is 2. The first kappa shape index (κ1) is 48.9. The summed E-state index contributed by atoms with van der Waals surface area (Å²) < 4.78 is 25.0. The van der Waals surface area contributed by atoms with Crippen LogP contribution in [0.3, 0.4) is 0 Å². The topological polar surface area (TPSA) is 105 Å². The molecule has 0 radical (unpaired) electrons. The minimum Gasteiger partial charge on any atom is -0.454 e. The monoisotopic (exact) mass is 805 g/mol. The van der Waals surface area contributed by atoms with Gasteiger partial charge in [-0.1, -0.05) is 139 Å². The van der Waals surface area contributed by atoms with Gasteiger partial charge < -0.3 is 18.3 Å². The van der Waals surface area contributed by atoms with E-state index in [1.165, 1.54) is 23.7 Å². The lowest BCUT2D eigenvalue weighted by atomic mass is 9.45. The van der Waals surface area contributed by atoms with Crippen molar-refractivity contribution in [1.29, 1.82) is 0 Å². The zero-order valence-electron chi connectivity index (χ0n) is 41.5. The number of nitrogens with zero attached hydrogens (tertiary/aromatic N) is 2. The van der Waals surface area contributed by atoms with Gasteiger partial charge in [0.25, 0.3) is 0 Å². The molecular weight excluding hydrogens is 725 g/mol. The van der Waals surface area contributed by atoms with Crippen LogP contribution in [0.15, 0.2) is 49.2 Å². The molecule has 0 aromatic carbocycles. The van der Waals surface area contributed by atoms with Crippen LogP contribution in [0, 0.1) is 37.9 Å². The minimum absolute atomic E-state index is 0.133. The van der Waals surface area contributed by atoms with Gasteiger partial charge in [0.15, 0.2) is 11.4 Å². The first-order valence-electron chi connectivity index (χ1n) is 21.1. The standard InChI is InChI=1S/C50H80N2O6/c1-29-30(2)41(7,8)42(9,10)31(3)33(5)44(13,14)49(23,24)58-39(54)36-28-56-40(52-36)46(17,18)48(21,22)47(19,20)43(11,12)32(4)34(6)45(15,16)50(25,26)57-38(53)35-27-55-37(29)51-35/h27-28H,1-26H3/b30-29+,33-31+,34-32-. The third-order valence-corrected chi connectivity index (χ3v) is 18.6. The second-order valence-electron chi connectivity index (χ2n) is 22.6. The highest BCUT2D eigenvalue weighted by Gasteiger charge is 2.58. The van der Waals surface area contributed by atoms with E-state index in [1.807, 2.05) is 34.6 Å². The fourth-order valence-corrected chi connectivity index (χ4v) is 8.66. The highest BCUT2D eigenvalue weighted by Crippen LogP contribution is 2.63. The van der Waals surface area contributed by atoms with Crippen molar-refractivity contribution in [3.05, 3.63) is 63.6 Å². The second kappa shape index (κ2) is 14.6. The lowest BCUT2D eigenvalue weighted by molar-refractivity contribution is -0.0608. The molecule has 0 saturated heterocycles. The summed E-state index contributed by atoms with van der Waals surface area (Å²) in [6.45, 7) is 56.0. The summed E-state index contributed by atoms with van der Waals surface area (Å²) in [5.41, 5.74) is 1.26. The predicted octanol–water partition coefficient (Wildman–Crippen LogP) is 14.2. The first-order valence-corrected chi connectivity index (χ1v) is 21.1. The quantitative estimate of drug-likeness (QED) is 0.191. The van der Waals surface area contributed by atoms with Crippen LogP contribution < -0.4 is 0 Å². The van der Waals surface area contributed by atoms with Crippen LogP contribution >= 0.6 is 0 Å². The second-order valence-corrected chi connectivity index (χ2v) is 22.6. The van der Waals surface area contributed by atoms with Crippen molar-refractivity contribution in [3.63, 3.8) is 0 Å². The SMILES string of the molecule is C/C1=C(\C)C(C)(C)C(C)(C)C(C)(C)C(C)(C)c2nc(co2)C(=O)OC(C)(C)C(C)(C)/C(C)=C(\C)C(C)(C)C(C)(C)/C(C)=C(\C)c2nc(co2)C(=O)OC(C)(C)C1(C)C. The number of aromatic nitrogens is 2.